The lowest BCUT2D eigenvalue weighted by molar-refractivity contribution is -0.146. The summed E-state index contributed by atoms with van der Waals surface area (Å²) in [6.45, 7) is 2.67. The lowest BCUT2D eigenvalue weighted by atomic mass is 10.0. The number of hydrogen-bond donors (Lipinski definition) is 0. The second-order valence-electron chi connectivity index (χ2n) is 2.53. The van der Waals surface area contributed by atoms with Gasteiger partial charge in [-0.3, -0.25) is 14.4 Å². The Morgan fingerprint density at radius 3 is 2.18 bits per heavy atom. The molecule has 0 spiro atoms. The van der Waals surface area contributed by atoms with Crippen LogP contribution in [0.3, 0.4) is 0 Å². The highest BCUT2D eigenvalue weighted by molar-refractivity contribution is 6.21. The first-order valence-corrected chi connectivity index (χ1v) is 3.28. The molecular weight excluding hydrogens is 148 g/mol. The van der Waals surface area contributed by atoms with Gasteiger partial charge in [-0.05, 0) is 13.8 Å². The van der Waals surface area contributed by atoms with Gasteiger partial charge in [0, 0.05) is 0 Å². The highest BCUT2D eigenvalue weighted by Crippen LogP contribution is 2.17. The molecule has 4 heteroatoms. The molecule has 0 N–H and O–H groups in total. The first-order valence-electron chi connectivity index (χ1n) is 3.28. The molecule has 0 radical (unpaired) electrons. The van der Waals surface area contributed by atoms with Crippen molar-refractivity contribution in [1.82, 2.24) is 0 Å². The Labute approximate surface area is 63.5 Å². The Bertz CT molecular complexity index is 231. The fourth-order valence-corrected chi connectivity index (χ4v) is 1.02. The van der Waals surface area contributed by atoms with Gasteiger partial charge >= 0.3 is 5.97 Å². The molecule has 0 bridgehead atoms. The van der Waals surface area contributed by atoms with Gasteiger partial charge in [0.15, 0.2) is 23.6 Å². The van der Waals surface area contributed by atoms with Crippen molar-refractivity contribution in [3.8, 4) is 0 Å². The van der Waals surface area contributed by atoms with Gasteiger partial charge in [0.25, 0.3) is 0 Å². The molecule has 1 saturated heterocycles. The summed E-state index contributed by atoms with van der Waals surface area (Å²) >= 11 is 0. The van der Waals surface area contributed by atoms with E-state index in [1.54, 1.807) is 0 Å². The second-order valence-corrected chi connectivity index (χ2v) is 2.53. The molecule has 4 nitrogen and oxygen atoms in total. The minimum absolute atomic E-state index is 0.428. The minimum atomic E-state index is -1.16. The Morgan fingerprint density at radius 2 is 2.00 bits per heavy atom. The predicted octanol–water partition coefficient (Wildman–Crippen LogP) is -0.294. The number of ether oxygens (including phenoxy) is 1. The topological polar surface area (TPSA) is 60.4 Å². The van der Waals surface area contributed by atoms with E-state index < -0.39 is 29.6 Å². The fourth-order valence-electron chi connectivity index (χ4n) is 1.02. The van der Waals surface area contributed by atoms with Crippen LogP contribution in [-0.2, 0) is 19.1 Å². The molecule has 1 heterocycles. The van der Waals surface area contributed by atoms with E-state index in [1.807, 2.05) is 0 Å². The summed E-state index contributed by atoms with van der Waals surface area (Å²) in [7, 11) is 0. The third-order valence-electron chi connectivity index (χ3n) is 1.62. The SMILES string of the molecule is CC(=O)C1C(=O)O[C@H](C)C1=O. The first kappa shape index (κ1) is 7.91. The van der Waals surface area contributed by atoms with Crippen molar-refractivity contribution in [3.63, 3.8) is 0 Å². The molecule has 2 atom stereocenters. The van der Waals surface area contributed by atoms with E-state index in [2.05, 4.69) is 4.74 Å². The average molecular weight is 156 g/mol. The van der Waals surface area contributed by atoms with Crippen molar-refractivity contribution < 1.29 is 19.1 Å². The number of Topliss-reactive ketones (excluding diaryl/α,β-unsaturated/α-hetero) is 2. The van der Waals surface area contributed by atoms with E-state index in [-0.39, 0.29) is 0 Å². The molecule has 1 unspecified atom stereocenters. The van der Waals surface area contributed by atoms with Crippen molar-refractivity contribution in [2.75, 3.05) is 0 Å². The van der Waals surface area contributed by atoms with E-state index in [0.29, 0.717) is 0 Å². The van der Waals surface area contributed by atoms with Crippen LogP contribution in [0.1, 0.15) is 13.8 Å². The largest absolute Gasteiger partial charge is 0.454 e. The smallest absolute Gasteiger partial charge is 0.324 e. The maximum absolute atomic E-state index is 11.0. The zero-order chi connectivity index (χ0) is 8.59. The lowest BCUT2D eigenvalue weighted by Crippen LogP contribution is -2.24. The fraction of sp³-hybridized carbons (Fsp3) is 0.571. The van der Waals surface area contributed by atoms with Gasteiger partial charge < -0.3 is 4.74 Å². The maximum Gasteiger partial charge on any atom is 0.324 e. The number of carbonyl (C=O) groups excluding carboxylic acids is 3. The standard InChI is InChI=1S/C7H8O4/c1-3(8)5-6(9)4(2)11-7(5)10/h4-5H,1-2H3/t4-,5?/m1/s1. The van der Waals surface area contributed by atoms with Crippen molar-refractivity contribution in [2.45, 2.75) is 20.0 Å². The summed E-state index contributed by atoms with van der Waals surface area (Å²) in [6.07, 6.45) is -0.753. The summed E-state index contributed by atoms with van der Waals surface area (Å²) < 4.78 is 4.54. The Morgan fingerprint density at radius 1 is 1.45 bits per heavy atom. The summed E-state index contributed by atoms with van der Waals surface area (Å²) in [6, 6.07) is 0. The molecule has 0 aromatic rings. The molecule has 1 aliphatic rings. The first-order chi connectivity index (χ1) is 5.04. The number of ketones is 2. The quantitative estimate of drug-likeness (QED) is 0.386. The Kier molecular flexibility index (Phi) is 1.76. The predicted molar refractivity (Wildman–Crippen MR) is 34.7 cm³/mol. The molecule has 0 amide bonds. The summed E-state index contributed by atoms with van der Waals surface area (Å²) in [4.78, 5) is 32.5. The third-order valence-corrected chi connectivity index (χ3v) is 1.62. The lowest BCUT2D eigenvalue weighted by Gasteiger charge is -1.95. The van der Waals surface area contributed by atoms with Crippen molar-refractivity contribution in [1.29, 1.82) is 0 Å². The van der Waals surface area contributed by atoms with E-state index in [1.165, 1.54) is 13.8 Å². The van der Waals surface area contributed by atoms with Crippen LogP contribution in [0.25, 0.3) is 0 Å². The zero-order valence-corrected chi connectivity index (χ0v) is 6.29. The van der Waals surface area contributed by atoms with Crippen molar-refractivity contribution in [2.24, 2.45) is 5.92 Å². The van der Waals surface area contributed by atoms with Gasteiger partial charge in [-0.1, -0.05) is 0 Å². The minimum Gasteiger partial charge on any atom is -0.454 e. The number of cyclic esters (lactones) is 1. The summed E-state index contributed by atoms with van der Waals surface area (Å²) in [5.74, 6) is -2.74. The molecule has 1 aliphatic heterocycles. The number of rotatable bonds is 1. The third kappa shape index (κ3) is 1.15. The van der Waals surface area contributed by atoms with Gasteiger partial charge in [0.05, 0.1) is 0 Å². The average Bonchev–Trinajstić information content (AvgIpc) is 2.07. The van der Waals surface area contributed by atoms with E-state index in [0.717, 1.165) is 0 Å². The van der Waals surface area contributed by atoms with Crippen molar-refractivity contribution >= 4 is 17.5 Å². The molecule has 0 aromatic heterocycles. The van der Waals surface area contributed by atoms with Gasteiger partial charge in [-0.25, -0.2) is 0 Å². The molecule has 0 aromatic carbocycles. The second kappa shape index (κ2) is 2.45. The van der Waals surface area contributed by atoms with Gasteiger partial charge in [0.1, 0.15) is 0 Å². The van der Waals surface area contributed by atoms with Crippen molar-refractivity contribution in [3.05, 3.63) is 0 Å². The normalized spacial score (nSPS) is 30.4. The van der Waals surface area contributed by atoms with E-state index in [9.17, 15) is 14.4 Å². The molecule has 0 saturated carbocycles. The van der Waals surface area contributed by atoms with E-state index >= 15 is 0 Å². The molecule has 60 valence electrons. The van der Waals surface area contributed by atoms with Crippen LogP contribution in [-0.4, -0.2) is 23.6 Å². The summed E-state index contributed by atoms with van der Waals surface area (Å²) in [5.41, 5.74) is 0. The molecule has 1 fully saturated rings. The van der Waals surface area contributed by atoms with Gasteiger partial charge in [-0.15, -0.1) is 0 Å². The highest BCUT2D eigenvalue weighted by Gasteiger charge is 2.43. The van der Waals surface area contributed by atoms with Crippen LogP contribution < -0.4 is 0 Å². The summed E-state index contributed by atoms with van der Waals surface area (Å²) in [5, 5.41) is 0. The molecule has 0 aliphatic carbocycles. The molecule has 1 rings (SSSR count). The van der Waals surface area contributed by atoms with Crippen LogP contribution >= 0.6 is 0 Å². The maximum atomic E-state index is 11.0. The monoisotopic (exact) mass is 156 g/mol. The highest BCUT2D eigenvalue weighted by atomic mass is 16.6. The molecular formula is C7H8O4. The Hall–Kier alpha value is -1.19. The Balaban J connectivity index is 2.88. The number of esters is 1. The van der Waals surface area contributed by atoms with Gasteiger partial charge in [-0.2, -0.15) is 0 Å². The van der Waals surface area contributed by atoms with Crippen LogP contribution in [0, 0.1) is 5.92 Å². The molecule has 11 heavy (non-hydrogen) atoms. The zero-order valence-electron chi connectivity index (χ0n) is 6.29. The van der Waals surface area contributed by atoms with Crippen LogP contribution in [0.2, 0.25) is 0 Å². The van der Waals surface area contributed by atoms with Crippen LogP contribution in [0.4, 0.5) is 0 Å². The van der Waals surface area contributed by atoms with Gasteiger partial charge in [0.2, 0.25) is 0 Å². The number of hydrogen-bond acceptors (Lipinski definition) is 4. The van der Waals surface area contributed by atoms with Crippen LogP contribution in [0.5, 0.6) is 0 Å². The van der Waals surface area contributed by atoms with E-state index in [4.69, 9.17) is 0 Å². The van der Waals surface area contributed by atoms with Crippen LogP contribution in [0.15, 0.2) is 0 Å². The number of carbonyl (C=O) groups is 3.